The molecule has 0 unspecified atom stereocenters. The molecular formula is C14H17NO6S2. The summed E-state index contributed by atoms with van der Waals surface area (Å²) in [5, 5.41) is 9.10. The Morgan fingerprint density at radius 1 is 1.48 bits per heavy atom. The number of carbonyl (C=O) groups is 1. The number of methoxy groups -OCH3 is 1. The van der Waals surface area contributed by atoms with Gasteiger partial charge in [-0.1, -0.05) is 0 Å². The summed E-state index contributed by atoms with van der Waals surface area (Å²) in [6.45, 7) is 1.98. The lowest BCUT2D eigenvalue weighted by atomic mass is 10.3. The maximum atomic E-state index is 12.8. The highest BCUT2D eigenvalue weighted by atomic mass is 32.2. The first kappa shape index (κ1) is 17.7. The van der Waals surface area contributed by atoms with Crippen LogP contribution in [0.5, 0.6) is 0 Å². The van der Waals surface area contributed by atoms with Crippen LogP contribution in [0.4, 0.5) is 0 Å². The molecule has 0 aliphatic rings. The second kappa shape index (κ2) is 7.26. The van der Waals surface area contributed by atoms with E-state index in [4.69, 9.17) is 14.3 Å². The van der Waals surface area contributed by atoms with Crippen molar-refractivity contribution in [2.75, 3.05) is 20.3 Å². The molecule has 9 heteroatoms. The van der Waals surface area contributed by atoms with Crippen molar-refractivity contribution < 1.29 is 27.5 Å². The molecule has 0 amide bonds. The Bertz CT molecular complexity index is 763. The number of thiophene rings is 1. The second-order valence-corrected chi connectivity index (χ2v) is 8.01. The Hall–Kier alpha value is -1.68. The second-order valence-electron chi connectivity index (χ2n) is 4.79. The fourth-order valence-electron chi connectivity index (χ4n) is 1.97. The topological polar surface area (TPSA) is 97.0 Å². The van der Waals surface area contributed by atoms with Crippen molar-refractivity contribution in [2.24, 2.45) is 0 Å². The summed E-state index contributed by atoms with van der Waals surface area (Å²) < 4.78 is 37.0. The van der Waals surface area contributed by atoms with Gasteiger partial charge >= 0.3 is 5.97 Å². The minimum Gasteiger partial charge on any atom is -0.477 e. The number of carboxylic acid groups (broad SMARTS) is 1. The van der Waals surface area contributed by atoms with Crippen molar-refractivity contribution in [3.8, 4) is 0 Å². The molecule has 2 rings (SSSR count). The van der Waals surface area contributed by atoms with Crippen LogP contribution >= 0.6 is 11.3 Å². The zero-order valence-electron chi connectivity index (χ0n) is 12.7. The van der Waals surface area contributed by atoms with Crippen molar-refractivity contribution in [2.45, 2.75) is 17.7 Å². The summed E-state index contributed by atoms with van der Waals surface area (Å²) >= 11 is 0.748. The van der Waals surface area contributed by atoms with Gasteiger partial charge in [-0.25, -0.2) is 13.2 Å². The van der Waals surface area contributed by atoms with Crippen molar-refractivity contribution in [1.82, 2.24) is 4.31 Å². The van der Waals surface area contributed by atoms with Crippen molar-refractivity contribution in [1.29, 1.82) is 0 Å². The molecule has 2 heterocycles. The maximum Gasteiger partial charge on any atom is 0.346 e. The Morgan fingerprint density at radius 3 is 2.74 bits per heavy atom. The number of ether oxygens (including phenoxy) is 1. The number of carboxylic acids is 1. The lowest BCUT2D eigenvalue weighted by Gasteiger charge is -2.19. The van der Waals surface area contributed by atoms with Crippen LogP contribution in [0.15, 0.2) is 33.1 Å². The van der Waals surface area contributed by atoms with E-state index in [1.165, 1.54) is 23.7 Å². The Balaban J connectivity index is 2.34. The summed E-state index contributed by atoms with van der Waals surface area (Å²) in [6, 6.07) is 4.73. The van der Waals surface area contributed by atoms with Crippen LogP contribution in [0.3, 0.4) is 0 Å². The number of hydrogen-bond acceptors (Lipinski definition) is 6. The van der Waals surface area contributed by atoms with Gasteiger partial charge in [0.1, 0.15) is 14.8 Å². The number of sulfonamides is 1. The third-order valence-electron chi connectivity index (χ3n) is 3.14. The molecule has 126 valence electrons. The van der Waals surface area contributed by atoms with Gasteiger partial charge in [-0.2, -0.15) is 4.31 Å². The van der Waals surface area contributed by atoms with Gasteiger partial charge in [0.05, 0.1) is 19.4 Å². The maximum absolute atomic E-state index is 12.8. The van der Waals surface area contributed by atoms with E-state index in [0.29, 0.717) is 11.3 Å². The first-order valence-corrected chi connectivity index (χ1v) is 8.97. The molecule has 1 N–H and O–H groups in total. The lowest BCUT2D eigenvalue weighted by molar-refractivity contribution is 0.0701. The molecule has 2 aromatic rings. The van der Waals surface area contributed by atoms with Crippen molar-refractivity contribution >= 4 is 27.3 Å². The number of aryl methyl sites for hydroxylation is 1. The SMILES string of the molecule is COCCN(Cc1ccco1)S(=O)(=O)c1cc(C)c(C(=O)O)s1. The number of hydrogen-bond donors (Lipinski definition) is 1. The highest BCUT2D eigenvalue weighted by Gasteiger charge is 2.29. The van der Waals surface area contributed by atoms with E-state index in [1.54, 1.807) is 19.1 Å². The van der Waals surface area contributed by atoms with Gasteiger partial charge in [0.2, 0.25) is 0 Å². The molecule has 0 aliphatic heterocycles. The van der Waals surface area contributed by atoms with Gasteiger partial charge < -0.3 is 14.3 Å². The van der Waals surface area contributed by atoms with Crippen LogP contribution in [0.2, 0.25) is 0 Å². The molecule has 0 radical (unpaired) electrons. The summed E-state index contributed by atoms with van der Waals surface area (Å²) in [5.41, 5.74) is 0.422. The van der Waals surface area contributed by atoms with Gasteiger partial charge in [-0.05, 0) is 30.7 Å². The third-order valence-corrected chi connectivity index (χ3v) is 6.66. The predicted molar refractivity (Wildman–Crippen MR) is 84.2 cm³/mol. The number of furan rings is 1. The number of nitrogens with zero attached hydrogens (tertiary/aromatic N) is 1. The van der Waals surface area contributed by atoms with E-state index in [-0.39, 0.29) is 28.8 Å². The van der Waals surface area contributed by atoms with E-state index in [9.17, 15) is 13.2 Å². The molecule has 0 spiro atoms. The normalized spacial score (nSPS) is 12.0. The van der Waals surface area contributed by atoms with Gasteiger partial charge in [0.25, 0.3) is 10.0 Å². The van der Waals surface area contributed by atoms with E-state index in [2.05, 4.69) is 0 Å². The molecule has 0 fully saturated rings. The molecule has 0 bridgehead atoms. The quantitative estimate of drug-likeness (QED) is 0.776. The Morgan fingerprint density at radius 2 is 2.22 bits per heavy atom. The standard InChI is InChI=1S/C14H17NO6S2/c1-10-8-12(22-13(10)14(16)17)23(18,19)15(5-7-20-2)9-11-4-3-6-21-11/h3-4,6,8H,5,7,9H2,1-2H3,(H,16,17). The molecular weight excluding hydrogens is 342 g/mol. The molecule has 2 aromatic heterocycles. The van der Waals surface area contributed by atoms with E-state index < -0.39 is 16.0 Å². The van der Waals surface area contributed by atoms with Crippen LogP contribution in [-0.2, 0) is 21.3 Å². The number of rotatable bonds is 8. The molecule has 23 heavy (non-hydrogen) atoms. The first-order valence-electron chi connectivity index (χ1n) is 6.71. The van der Waals surface area contributed by atoms with E-state index in [1.807, 2.05) is 0 Å². The summed E-state index contributed by atoms with van der Waals surface area (Å²) in [5.74, 6) is -0.639. The van der Waals surface area contributed by atoms with Gasteiger partial charge in [0.15, 0.2) is 0 Å². The van der Waals surface area contributed by atoms with Crippen LogP contribution in [0, 0.1) is 6.92 Å². The highest BCUT2D eigenvalue weighted by Crippen LogP contribution is 2.29. The molecule has 7 nitrogen and oxygen atoms in total. The highest BCUT2D eigenvalue weighted by molar-refractivity contribution is 7.91. The van der Waals surface area contributed by atoms with E-state index in [0.717, 1.165) is 11.3 Å². The van der Waals surface area contributed by atoms with Gasteiger partial charge in [-0.15, -0.1) is 11.3 Å². The summed E-state index contributed by atoms with van der Waals surface area (Å²) in [6.07, 6.45) is 1.47. The summed E-state index contributed by atoms with van der Waals surface area (Å²) in [4.78, 5) is 11.1. The smallest absolute Gasteiger partial charge is 0.346 e. The molecule has 0 atom stereocenters. The van der Waals surface area contributed by atoms with Crippen molar-refractivity contribution in [3.63, 3.8) is 0 Å². The van der Waals surface area contributed by atoms with Crippen LogP contribution in [-0.4, -0.2) is 44.1 Å². The molecule has 0 saturated carbocycles. The first-order chi connectivity index (χ1) is 10.9. The molecule has 0 aliphatic carbocycles. The lowest BCUT2D eigenvalue weighted by Crippen LogP contribution is -2.33. The molecule has 0 aromatic carbocycles. The zero-order valence-corrected chi connectivity index (χ0v) is 14.3. The molecule has 0 saturated heterocycles. The van der Waals surface area contributed by atoms with Gasteiger partial charge in [-0.3, -0.25) is 0 Å². The van der Waals surface area contributed by atoms with Crippen LogP contribution < -0.4 is 0 Å². The zero-order chi connectivity index (χ0) is 17.0. The van der Waals surface area contributed by atoms with Crippen LogP contribution in [0.25, 0.3) is 0 Å². The fraction of sp³-hybridized carbons (Fsp3) is 0.357. The number of aromatic carboxylic acids is 1. The van der Waals surface area contributed by atoms with E-state index >= 15 is 0 Å². The van der Waals surface area contributed by atoms with Crippen LogP contribution in [0.1, 0.15) is 21.0 Å². The minimum absolute atomic E-state index is 0.00457. The Labute approximate surface area is 138 Å². The summed E-state index contributed by atoms with van der Waals surface area (Å²) in [7, 11) is -2.35. The average molecular weight is 359 g/mol. The Kier molecular flexibility index (Phi) is 5.58. The monoisotopic (exact) mass is 359 g/mol. The average Bonchev–Trinajstić information content (AvgIpc) is 3.12. The predicted octanol–water partition coefficient (Wildman–Crippen LogP) is 2.19. The van der Waals surface area contributed by atoms with Crippen molar-refractivity contribution in [3.05, 3.63) is 40.7 Å². The minimum atomic E-state index is -3.84. The largest absolute Gasteiger partial charge is 0.477 e. The fourth-order valence-corrected chi connectivity index (χ4v) is 4.90. The third kappa shape index (κ3) is 3.99. The van der Waals surface area contributed by atoms with Gasteiger partial charge in [0, 0.05) is 13.7 Å².